The predicted molar refractivity (Wildman–Crippen MR) is 76.1 cm³/mol. The fraction of sp³-hybridized carbons (Fsp3) is 0.533. The number of aryl methyl sites for hydroxylation is 1. The summed E-state index contributed by atoms with van der Waals surface area (Å²) < 4.78 is 32.5. The lowest BCUT2D eigenvalue weighted by molar-refractivity contribution is -0.120. The van der Waals surface area contributed by atoms with Gasteiger partial charge in [-0.15, -0.1) is 0 Å². The van der Waals surface area contributed by atoms with Gasteiger partial charge in [0.05, 0.1) is 24.8 Å². The van der Waals surface area contributed by atoms with E-state index < -0.39 is 17.6 Å². The van der Waals surface area contributed by atoms with Crippen molar-refractivity contribution in [3.63, 3.8) is 0 Å². The van der Waals surface area contributed by atoms with Crippen molar-refractivity contribution < 1.29 is 18.3 Å². The molecule has 0 radical (unpaired) electrons. The first-order valence-electron chi connectivity index (χ1n) is 7.10. The average Bonchev–Trinajstić information content (AvgIpc) is 2.91. The molecule has 21 heavy (non-hydrogen) atoms. The van der Waals surface area contributed by atoms with Crippen molar-refractivity contribution in [2.45, 2.75) is 26.3 Å². The third-order valence-electron chi connectivity index (χ3n) is 3.58. The van der Waals surface area contributed by atoms with Crippen molar-refractivity contribution in [3.8, 4) is 0 Å². The number of rotatable bonds is 5. The second kappa shape index (κ2) is 6.95. The summed E-state index contributed by atoms with van der Waals surface area (Å²) in [6.45, 7) is 5.01. The highest BCUT2D eigenvalue weighted by Crippen LogP contribution is 2.21. The summed E-state index contributed by atoms with van der Waals surface area (Å²) in [7, 11) is 0. The minimum Gasteiger partial charge on any atom is -0.379 e. The van der Waals surface area contributed by atoms with Crippen molar-refractivity contribution >= 4 is 11.6 Å². The molecule has 0 spiro atoms. The molecule has 116 valence electrons. The molecule has 1 aromatic rings. The van der Waals surface area contributed by atoms with E-state index in [2.05, 4.69) is 10.6 Å². The topological polar surface area (TPSA) is 50.4 Å². The number of benzene rings is 1. The number of halogens is 2. The zero-order valence-electron chi connectivity index (χ0n) is 12.2. The lowest BCUT2D eigenvalue weighted by atomic mass is 10.0. The molecule has 2 N–H and O–H groups in total. The summed E-state index contributed by atoms with van der Waals surface area (Å²) in [4.78, 5) is 12.2. The Labute approximate surface area is 122 Å². The highest BCUT2D eigenvalue weighted by atomic mass is 19.1. The van der Waals surface area contributed by atoms with Crippen LogP contribution in [0, 0.1) is 24.5 Å². The SMILES string of the molecule is CCCNC1COCC1C(=O)Nc1cc(F)c(C)cc1F. The molecule has 6 heteroatoms. The first-order valence-corrected chi connectivity index (χ1v) is 7.10. The lowest BCUT2D eigenvalue weighted by Gasteiger charge is -2.18. The van der Waals surface area contributed by atoms with Gasteiger partial charge < -0.3 is 15.4 Å². The zero-order valence-corrected chi connectivity index (χ0v) is 12.2. The molecule has 1 aromatic carbocycles. The number of carbonyl (C=O) groups is 1. The van der Waals surface area contributed by atoms with Crippen LogP contribution in [0.2, 0.25) is 0 Å². The van der Waals surface area contributed by atoms with Gasteiger partial charge in [0, 0.05) is 12.1 Å². The van der Waals surface area contributed by atoms with Crippen LogP contribution in [-0.2, 0) is 9.53 Å². The molecule has 4 nitrogen and oxygen atoms in total. The van der Waals surface area contributed by atoms with Crippen LogP contribution in [-0.4, -0.2) is 31.7 Å². The van der Waals surface area contributed by atoms with Gasteiger partial charge in [-0.1, -0.05) is 6.92 Å². The molecular formula is C15H20F2N2O2. The Morgan fingerprint density at radius 3 is 2.81 bits per heavy atom. The van der Waals surface area contributed by atoms with Crippen molar-refractivity contribution in [1.82, 2.24) is 5.32 Å². The summed E-state index contributed by atoms with van der Waals surface area (Å²) in [5.74, 6) is -1.95. The van der Waals surface area contributed by atoms with E-state index in [9.17, 15) is 13.6 Å². The average molecular weight is 298 g/mol. The molecule has 1 fully saturated rings. The van der Waals surface area contributed by atoms with Crippen LogP contribution in [0.4, 0.5) is 14.5 Å². The standard InChI is InChI=1S/C15H20F2N2O2/c1-3-4-18-14-8-21-7-10(14)15(20)19-13-6-11(16)9(2)5-12(13)17/h5-6,10,14,18H,3-4,7-8H2,1-2H3,(H,19,20). The van der Waals surface area contributed by atoms with Gasteiger partial charge in [0.15, 0.2) is 0 Å². The number of carbonyl (C=O) groups excluding carboxylic acids is 1. The van der Waals surface area contributed by atoms with Gasteiger partial charge in [0.2, 0.25) is 5.91 Å². The van der Waals surface area contributed by atoms with E-state index in [4.69, 9.17) is 4.74 Å². The number of amides is 1. The number of hydrogen-bond acceptors (Lipinski definition) is 3. The summed E-state index contributed by atoms with van der Waals surface area (Å²) >= 11 is 0. The molecule has 2 unspecified atom stereocenters. The van der Waals surface area contributed by atoms with E-state index in [0.29, 0.717) is 6.61 Å². The van der Waals surface area contributed by atoms with E-state index in [-0.39, 0.29) is 29.8 Å². The zero-order chi connectivity index (χ0) is 15.4. The molecule has 1 aliphatic rings. The quantitative estimate of drug-likeness (QED) is 0.876. The number of hydrogen-bond donors (Lipinski definition) is 2. The van der Waals surface area contributed by atoms with Crippen LogP contribution in [0.5, 0.6) is 0 Å². The fourth-order valence-electron chi connectivity index (χ4n) is 2.31. The lowest BCUT2D eigenvalue weighted by Crippen LogP contribution is -2.41. The maximum absolute atomic E-state index is 13.7. The summed E-state index contributed by atoms with van der Waals surface area (Å²) in [5, 5.41) is 5.68. The van der Waals surface area contributed by atoms with Gasteiger partial charge in [-0.25, -0.2) is 8.78 Å². The summed E-state index contributed by atoms with van der Waals surface area (Å²) in [5.41, 5.74) is 0.0708. The van der Waals surface area contributed by atoms with Crippen LogP contribution in [0.15, 0.2) is 12.1 Å². The maximum Gasteiger partial charge on any atom is 0.231 e. The molecule has 2 atom stereocenters. The highest BCUT2D eigenvalue weighted by Gasteiger charge is 2.33. The van der Waals surface area contributed by atoms with Crippen LogP contribution in [0.1, 0.15) is 18.9 Å². The normalized spacial score (nSPS) is 21.5. The second-order valence-corrected chi connectivity index (χ2v) is 5.28. The van der Waals surface area contributed by atoms with Gasteiger partial charge in [-0.05, 0) is 31.5 Å². The van der Waals surface area contributed by atoms with Crippen LogP contribution >= 0.6 is 0 Å². The van der Waals surface area contributed by atoms with Crippen molar-refractivity contribution in [3.05, 3.63) is 29.3 Å². The highest BCUT2D eigenvalue weighted by molar-refractivity contribution is 5.93. The first kappa shape index (κ1) is 15.9. The van der Waals surface area contributed by atoms with Crippen molar-refractivity contribution in [2.75, 3.05) is 25.1 Å². The molecule has 1 saturated heterocycles. The fourth-order valence-corrected chi connectivity index (χ4v) is 2.31. The predicted octanol–water partition coefficient (Wildman–Crippen LogP) is 2.23. The molecule has 0 aliphatic carbocycles. The molecule has 1 aliphatic heterocycles. The van der Waals surface area contributed by atoms with Gasteiger partial charge in [-0.2, -0.15) is 0 Å². The third-order valence-corrected chi connectivity index (χ3v) is 3.58. The van der Waals surface area contributed by atoms with Crippen LogP contribution in [0.25, 0.3) is 0 Å². The van der Waals surface area contributed by atoms with Gasteiger partial charge in [0.1, 0.15) is 11.6 Å². The van der Waals surface area contributed by atoms with E-state index in [1.165, 1.54) is 6.92 Å². The summed E-state index contributed by atoms with van der Waals surface area (Å²) in [6, 6.07) is 1.98. The van der Waals surface area contributed by atoms with E-state index in [0.717, 1.165) is 25.1 Å². The van der Waals surface area contributed by atoms with E-state index in [1.54, 1.807) is 0 Å². The Bertz CT molecular complexity index is 523. The molecular weight excluding hydrogens is 278 g/mol. The van der Waals surface area contributed by atoms with Gasteiger partial charge in [-0.3, -0.25) is 4.79 Å². The van der Waals surface area contributed by atoms with Crippen molar-refractivity contribution in [1.29, 1.82) is 0 Å². The van der Waals surface area contributed by atoms with Crippen molar-refractivity contribution in [2.24, 2.45) is 5.92 Å². The smallest absolute Gasteiger partial charge is 0.231 e. The van der Waals surface area contributed by atoms with Gasteiger partial charge >= 0.3 is 0 Å². The molecule has 2 rings (SSSR count). The van der Waals surface area contributed by atoms with Crippen LogP contribution < -0.4 is 10.6 Å². The third kappa shape index (κ3) is 3.77. The molecule has 1 heterocycles. The minimum atomic E-state index is -0.640. The van der Waals surface area contributed by atoms with Crippen LogP contribution in [0.3, 0.4) is 0 Å². The Morgan fingerprint density at radius 2 is 2.10 bits per heavy atom. The first-order chi connectivity index (χ1) is 10.0. The Hall–Kier alpha value is -1.53. The number of nitrogens with one attached hydrogen (secondary N) is 2. The van der Waals surface area contributed by atoms with Gasteiger partial charge in [0.25, 0.3) is 0 Å². The Balaban J connectivity index is 2.05. The van der Waals surface area contributed by atoms with E-state index >= 15 is 0 Å². The number of anilines is 1. The molecule has 0 saturated carbocycles. The number of ether oxygens (including phenoxy) is 1. The maximum atomic E-state index is 13.7. The molecule has 1 amide bonds. The Kier molecular flexibility index (Phi) is 5.25. The molecule has 0 aromatic heterocycles. The Morgan fingerprint density at radius 1 is 1.33 bits per heavy atom. The largest absolute Gasteiger partial charge is 0.379 e. The van der Waals surface area contributed by atoms with E-state index in [1.807, 2.05) is 6.92 Å². The monoisotopic (exact) mass is 298 g/mol. The second-order valence-electron chi connectivity index (χ2n) is 5.28. The minimum absolute atomic E-state index is 0.0942. The summed E-state index contributed by atoms with van der Waals surface area (Å²) in [6.07, 6.45) is 0.947. The molecule has 0 bridgehead atoms.